The van der Waals surface area contributed by atoms with E-state index in [9.17, 15) is 14.5 Å². The number of likely N-dealkylation sites (tertiary alicyclic amines) is 1. The molecule has 0 spiro atoms. The second-order valence-corrected chi connectivity index (χ2v) is 9.33. The van der Waals surface area contributed by atoms with Crippen LogP contribution >= 0.6 is 23.1 Å². The van der Waals surface area contributed by atoms with Gasteiger partial charge in [-0.05, 0) is 57.1 Å². The number of hydrogen-bond acceptors (Lipinski definition) is 7. The number of fused-ring (bicyclic) bond motifs is 1. The summed E-state index contributed by atoms with van der Waals surface area (Å²) >= 11 is 2.92. The predicted octanol–water partition coefficient (Wildman–Crippen LogP) is 5.30. The minimum Gasteiger partial charge on any atom is -0.356 e. The molecule has 3 heterocycles. The van der Waals surface area contributed by atoms with Crippen molar-refractivity contribution in [1.29, 1.82) is 0 Å². The number of rotatable bonds is 7. The second kappa shape index (κ2) is 8.59. The summed E-state index contributed by atoms with van der Waals surface area (Å²) in [4.78, 5) is 12.8. The third kappa shape index (κ3) is 4.37. The Bertz CT molecular complexity index is 966. The van der Waals surface area contributed by atoms with Crippen molar-refractivity contribution in [2.75, 3.05) is 25.4 Å². The highest BCUT2D eigenvalue weighted by atomic mass is 32.2. The van der Waals surface area contributed by atoms with Crippen molar-refractivity contribution < 1.29 is 13.8 Å². The van der Waals surface area contributed by atoms with E-state index in [1.165, 1.54) is 23.5 Å². The van der Waals surface area contributed by atoms with Crippen molar-refractivity contribution >= 4 is 39.1 Å². The highest BCUT2D eigenvalue weighted by molar-refractivity contribution is 8.01. The summed E-state index contributed by atoms with van der Waals surface area (Å²) in [5.41, 5.74) is 1.47. The van der Waals surface area contributed by atoms with Gasteiger partial charge >= 0.3 is 5.00 Å². The number of piperidine rings is 1. The van der Waals surface area contributed by atoms with Crippen LogP contribution in [0.5, 0.6) is 0 Å². The molecular weight excluding hydrogens is 401 g/mol. The predicted molar refractivity (Wildman–Crippen MR) is 109 cm³/mol. The zero-order valence-electron chi connectivity index (χ0n) is 15.2. The van der Waals surface area contributed by atoms with Crippen molar-refractivity contribution in [2.24, 2.45) is 0 Å². The number of halogens is 1. The minimum absolute atomic E-state index is 0.202. The number of hydrogen-bond donors (Lipinski definition) is 0. The summed E-state index contributed by atoms with van der Waals surface area (Å²) in [5, 5.41) is 16.0. The molecule has 1 fully saturated rings. The van der Waals surface area contributed by atoms with Gasteiger partial charge in [-0.25, -0.2) is 4.39 Å². The highest BCUT2D eigenvalue weighted by Crippen LogP contribution is 2.34. The smallest absolute Gasteiger partial charge is 0.325 e. The largest absolute Gasteiger partial charge is 0.356 e. The van der Waals surface area contributed by atoms with Gasteiger partial charge in [-0.3, -0.25) is 10.1 Å². The lowest BCUT2D eigenvalue weighted by Crippen LogP contribution is -2.34. The fourth-order valence-electron chi connectivity index (χ4n) is 3.60. The first-order chi connectivity index (χ1) is 13.6. The normalized spacial score (nSPS) is 16.0. The van der Waals surface area contributed by atoms with Gasteiger partial charge in [0.25, 0.3) is 0 Å². The first kappa shape index (κ1) is 19.4. The Morgan fingerprint density at radius 3 is 2.89 bits per heavy atom. The molecule has 0 aliphatic carbocycles. The van der Waals surface area contributed by atoms with Crippen LogP contribution in [0.1, 0.15) is 30.9 Å². The standard InChI is InChI=1S/C19H20FN3O3S2/c20-14-2-3-15-16(12-14)26-21-19(15)13-6-9-22(10-7-13)8-1-11-27-18-5-4-17(28-18)23(24)25/h2-5,12-13H,1,6-11H2. The van der Waals surface area contributed by atoms with Crippen LogP contribution in [-0.2, 0) is 0 Å². The van der Waals surface area contributed by atoms with Gasteiger partial charge in [0.1, 0.15) is 5.82 Å². The summed E-state index contributed by atoms with van der Waals surface area (Å²) in [6.07, 6.45) is 3.08. The van der Waals surface area contributed by atoms with Gasteiger partial charge in [0.05, 0.1) is 14.8 Å². The number of nitrogens with zero attached hydrogens (tertiary/aromatic N) is 3. The van der Waals surface area contributed by atoms with E-state index in [4.69, 9.17) is 4.52 Å². The summed E-state index contributed by atoms with van der Waals surface area (Å²) in [7, 11) is 0. The summed E-state index contributed by atoms with van der Waals surface area (Å²) < 4.78 is 19.6. The third-order valence-electron chi connectivity index (χ3n) is 5.05. The first-order valence-corrected chi connectivity index (χ1v) is 11.0. The van der Waals surface area contributed by atoms with Gasteiger partial charge in [-0.2, -0.15) is 0 Å². The Morgan fingerprint density at radius 2 is 2.14 bits per heavy atom. The Morgan fingerprint density at radius 1 is 1.32 bits per heavy atom. The van der Waals surface area contributed by atoms with Crippen LogP contribution in [0.4, 0.5) is 9.39 Å². The van der Waals surface area contributed by atoms with Crippen LogP contribution in [0.25, 0.3) is 11.0 Å². The molecule has 0 bridgehead atoms. The fourth-order valence-corrected chi connectivity index (χ4v) is 5.54. The Hall–Kier alpha value is -1.97. The van der Waals surface area contributed by atoms with E-state index in [0.29, 0.717) is 11.5 Å². The molecule has 0 N–H and O–H groups in total. The van der Waals surface area contributed by atoms with E-state index in [-0.39, 0.29) is 15.7 Å². The second-order valence-electron chi connectivity index (χ2n) is 6.88. The van der Waals surface area contributed by atoms with Crippen LogP contribution in [-0.4, -0.2) is 40.4 Å². The van der Waals surface area contributed by atoms with E-state index in [1.54, 1.807) is 23.9 Å². The van der Waals surface area contributed by atoms with E-state index < -0.39 is 0 Å². The molecular formula is C19H20FN3O3S2. The topological polar surface area (TPSA) is 72.4 Å². The summed E-state index contributed by atoms with van der Waals surface area (Å²) in [6.45, 7) is 3.04. The van der Waals surface area contributed by atoms with Gasteiger partial charge < -0.3 is 9.42 Å². The molecule has 0 radical (unpaired) electrons. The van der Waals surface area contributed by atoms with Crippen LogP contribution in [0.3, 0.4) is 0 Å². The van der Waals surface area contributed by atoms with Crippen molar-refractivity contribution in [3.8, 4) is 0 Å². The quantitative estimate of drug-likeness (QED) is 0.223. The average molecular weight is 422 g/mol. The van der Waals surface area contributed by atoms with Crippen LogP contribution in [0.2, 0.25) is 0 Å². The summed E-state index contributed by atoms with van der Waals surface area (Å²) in [6, 6.07) is 8.00. The van der Waals surface area contributed by atoms with Gasteiger partial charge in [-0.15, -0.1) is 11.8 Å². The maximum Gasteiger partial charge on any atom is 0.325 e. The number of benzene rings is 1. The van der Waals surface area contributed by atoms with Gasteiger partial charge in [0.2, 0.25) is 0 Å². The lowest BCUT2D eigenvalue weighted by Gasteiger charge is -2.31. The van der Waals surface area contributed by atoms with Gasteiger partial charge in [0, 0.05) is 29.2 Å². The number of thiophene rings is 1. The molecule has 0 saturated carbocycles. The van der Waals surface area contributed by atoms with E-state index >= 15 is 0 Å². The molecule has 0 atom stereocenters. The molecule has 1 saturated heterocycles. The van der Waals surface area contributed by atoms with E-state index in [1.807, 2.05) is 6.07 Å². The van der Waals surface area contributed by atoms with Crippen molar-refractivity contribution in [1.82, 2.24) is 10.1 Å². The Labute approximate surface area is 169 Å². The maximum absolute atomic E-state index is 13.3. The molecule has 0 unspecified atom stereocenters. The fraction of sp³-hybridized carbons (Fsp3) is 0.421. The van der Waals surface area contributed by atoms with Gasteiger partial charge in [0.15, 0.2) is 5.58 Å². The lowest BCUT2D eigenvalue weighted by atomic mass is 9.91. The van der Waals surface area contributed by atoms with Crippen LogP contribution < -0.4 is 0 Å². The molecule has 3 aromatic rings. The summed E-state index contributed by atoms with van der Waals surface area (Å²) in [5.74, 6) is 1.00. The Kier molecular flexibility index (Phi) is 5.93. The molecule has 148 valence electrons. The number of aromatic nitrogens is 1. The lowest BCUT2D eigenvalue weighted by molar-refractivity contribution is -0.380. The van der Waals surface area contributed by atoms with Crippen LogP contribution in [0, 0.1) is 15.9 Å². The minimum atomic E-state index is -0.340. The molecule has 1 aliphatic heterocycles. The molecule has 4 rings (SSSR count). The van der Waals surface area contributed by atoms with E-state index in [0.717, 1.165) is 59.9 Å². The molecule has 28 heavy (non-hydrogen) atoms. The van der Waals surface area contributed by atoms with E-state index in [2.05, 4.69) is 10.1 Å². The van der Waals surface area contributed by atoms with Crippen molar-refractivity contribution in [3.63, 3.8) is 0 Å². The van der Waals surface area contributed by atoms with Crippen molar-refractivity contribution in [3.05, 3.63) is 52.0 Å². The zero-order valence-corrected chi connectivity index (χ0v) is 16.8. The molecule has 0 amide bonds. The SMILES string of the molecule is O=[N+]([O-])c1ccc(SCCCN2CCC(c3noc4cc(F)ccc34)CC2)s1. The van der Waals surface area contributed by atoms with Gasteiger partial charge in [-0.1, -0.05) is 16.5 Å². The number of nitro groups is 1. The molecule has 6 nitrogen and oxygen atoms in total. The average Bonchev–Trinajstić information content (AvgIpc) is 3.32. The van der Waals surface area contributed by atoms with Crippen molar-refractivity contribution in [2.45, 2.75) is 29.4 Å². The Balaban J connectivity index is 1.22. The molecule has 2 aromatic heterocycles. The van der Waals surface area contributed by atoms with Crippen LogP contribution in [0.15, 0.2) is 39.1 Å². The third-order valence-corrected chi connectivity index (χ3v) is 7.39. The molecule has 1 aliphatic rings. The number of thioether (sulfide) groups is 1. The first-order valence-electron chi connectivity index (χ1n) is 9.24. The maximum atomic E-state index is 13.3. The highest BCUT2D eigenvalue weighted by Gasteiger charge is 2.25. The zero-order chi connectivity index (χ0) is 19.5. The molecule has 1 aromatic carbocycles. The molecule has 9 heteroatoms. The monoisotopic (exact) mass is 421 g/mol.